The van der Waals surface area contributed by atoms with Gasteiger partial charge in [0, 0.05) is 17.8 Å². The standard InChI is InChI=1S/C16H12FN5OS/c17-11-2-1-10-3-5-22(13(10)7-11)9-14(23)20-12-8-19-21-15(12)16-18-4-6-24-16/h1-8H,9H2,(H,19,21)(H,20,23). The SMILES string of the molecule is O=C(Cn1ccc2ccc(F)cc21)Nc1cn[nH]c1-c1nccs1. The second-order valence-electron chi connectivity index (χ2n) is 5.19. The van der Waals surface area contributed by atoms with Crippen LogP contribution >= 0.6 is 11.3 Å². The summed E-state index contributed by atoms with van der Waals surface area (Å²) >= 11 is 1.45. The highest BCUT2D eigenvalue weighted by Crippen LogP contribution is 2.27. The quantitative estimate of drug-likeness (QED) is 0.598. The van der Waals surface area contributed by atoms with E-state index in [1.54, 1.807) is 29.2 Å². The van der Waals surface area contributed by atoms with E-state index in [-0.39, 0.29) is 18.3 Å². The van der Waals surface area contributed by atoms with E-state index in [0.29, 0.717) is 16.9 Å². The van der Waals surface area contributed by atoms with E-state index >= 15 is 0 Å². The van der Waals surface area contributed by atoms with Crippen molar-refractivity contribution in [2.45, 2.75) is 6.54 Å². The minimum absolute atomic E-state index is 0.0788. The lowest BCUT2D eigenvalue weighted by atomic mass is 10.2. The van der Waals surface area contributed by atoms with Crippen LogP contribution in [0.5, 0.6) is 0 Å². The Hall–Kier alpha value is -3.00. The van der Waals surface area contributed by atoms with Gasteiger partial charge in [0.05, 0.1) is 17.4 Å². The summed E-state index contributed by atoms with van der Waals surface area (Å²) in [6.07, 6.45) is 5.00. The van der Waals surface area contributed by atoms with Crippen LogP contribution in [0.2, 0.25) is 0 Å². The van der Waals surface area contributed by atoms with E-state index in [1.165, 1.54) is 23.5 Å². The molecule has 3 heterocycles. The Morgan fingerprint density at radius 3 is 3.12 bits per heavy atom. The van der Waals surface area contributed by atoms with Gasteiger partial charge in [0.15, 0.2) is 0 Å². The number of fused-ring (bicyclic) bond motifs is 1. The van der Waals surface area contributed by atoms with Crippen molar-refractivity contribution in [2.75, 3.05) is 5.32 Å². The number of anilines is 1. The number of halogens is 1. The molecule has 120 valence electrons. The number of rotatable bonds is 4. The maximum absolute atomic E-state index is 13.4. The smallest absolute Gasteiger partial charge is 0.244 e. The zero-order valence-corrected chi connectivity index (χ0v) is 13.2. The molecule has 0 aliphatic rings. The molecular weight excluding hydrogens is 329 g/mol. The van der Waals surface area contributed by atoms with Gasteiger partial charge in [-0.15, -0.1) is 11.3 Å². The summed E-state index contributed by atoms with van der Waals surface area (Å²) in [6, 6.07) is 6.36. The van der Waals surface area contributed by atoms with Crippen molar-refractivity contribution >= 4 is 33.8 Å². The highest BCUT2D eigenvalue weighted by molar-refractivity contribution is 7.13. The molecule has 1 amide bonds. The van der Waals surface area contributed by atoms with Crippen LogP contribution < -0.4 is 5.32 Å². The molecule has 0 saturated heterocycles. The van der Waals surface area contributed by atoms with Gasteiger partial charge in [0.2, 0.25) is 5.91 Å². The van der Waals surface area contributed by atoms with Crippen LogP contribution in [0.4, 0.5) is 10.1 Å². The van der Waals surface area contributed by atoms with E-state index in [1.807, 2.05) is 11.4 Å². The normalized spacial score (nSPS) is 11.0. The molecule has 8 heteroatoms. The first-order valence-corrected chi connectivity index (χ1v) is 8.06. The van der Waals surface area contributed by atoms with Crippen molar-refractivity contribution in [3.8, 4) is 10.7 Å². The minimum Gasteiger partial charge on any atom is -0.338 e. The Labute approximate surface area is 140 Å². The summed E-state index contributed by atoms with van der Waals surface area (Å²) in [6.45, 7) is 0.0788. The maximum Gasteiger partial charge on any atom is 0.244 e. The Morgan fingerprint density at radius 1 is 1.38 bits per heavy atom. The third kappa shape index (κ3) is 2.67. The van der Waals surface area contributed by atoms with Crippen molar-refractivity contribution in [1.29, 1.82) is 0 Å². The molecule has 0 aliphatic carbocycles. The van der Waals surface area contributed by atoms with Gasteiger partial charge in [-0.25, -0.2) is 9.37 Å². The highest BCUT2D eigenvalue weighted by atomic mass is 32.1. The number of nitrogens with one attached hydrogen (secondary N) is 2. The van der Waals surface area contributed by atoms with Crippen molar-refractivity contribution in [2.24, 2.45) is 0 Å². The monoisotopic (exact) mass is 341 g/mol. The maximum atomic E-state index is 13.4. The number of amides is 1. The lowest BCUT2D eigenvalue weighted by Crippen LogP contribution is -2.18. The summed E-state index contributed by atoms with van der Waals surface area (Å²) in [7, 11) is 0. The summed E-state index contributed by atoms with van der Waals surface area (Å²) in [5, 5.41) is 13.1. The third-order valence-electron chi connectivity index (χ3n) is 3.61. The molecule has 0 bridgehead atoms. The minimum atomic E-state index is -0.330. The number of carbonyl (C=O) groups is 1. The zero-order chi connectivity index (χ0) is 16.5. The molecule has 0 unspecified atom stereocenters. The van der Waals surface area contributed by atoms with E-state index in [0.717, 1.165) is 10.4 Å². The number of hydrogen-bond acceptors (Lipinski definition) is 4. The number of benzene rings is 1. The Bertz CT molecular complexity index is 1000. The van der Waals surface area contributed by atoms with Gasteiger partial charge >= 0.3 is 0 Å². The molecule has 24 heavy (non-hydrogen) atoms. The van der Waals surface area contributed by atoms with Gasteiger partial charge in [-0.05, 0) is 29.7 Å². The fourth-order valence-corrected chi connectivity index (χ4v) is 3.18. The number of hydrogen-bond donors (Lipinski definition) is 2. The van der Waals surface area contributed by atoms with Crippen LogP contribution in [0.15, 0.2) is 48.2 Å². The number of carbonyl (C=O) groups excluding carboxylic acids is 1. The molecule has 1 aromatic carbocycles. The first-order chi connectivity index (χ1) is 11.7. The van der Waals surface area contributed by atoms with Crippen molar-refractivity contribution < 1.29 is 9.18 Å². The lowest BCUT2D eigenvalue weighted by molar-refractivity contribution is -0.116. The third-order valence-corrected chi connectivity index (χ3v) is 4.40. The van der Waals surface area contributed by atoms with Gasteiger partial charge < -0.3 is 9.88 Å². The van der Waals surface area contributed by atoms with Crippen LogP contribution in [0.1, 0.15) is 0 Å². The first-order valence-electron chi connectivity index (χ1n) is 7.18. The zero-order valence-electron chi connectivity index (χ0n) is 12.4. The van der Waals surface area contributed by atoms with Crippen LogP contribution in [0.3, 0.4) is 0 Å². The number of H-pyrrole nitrogens is 1. The second kappa shape index (κ2) is 5.89. The molecule has 0 radical (unpaired) electrons. The van der Waals surface area contributed by atoms with Crippen molar-refractivity contribution in [1.82, 2.24) is 19.7 Å². The van der Waals surface area contributed by atoms with Crippen LogP contribution in [-0.4, -0.2) is 25.7 Å². The molecule has 3 aromatic heterocycles. The first kappa shape index (κ1) is 14.6. The van der Waals surface area contributed by atoms with Gasteiger partial charge in [-0.2, -0.15) is 5.10 Å². The molecule has 0 saturated carbocycles. The predicted octanol–water partition coefficient (Wildman–Crippen LogP) is 3.27. The summed E-state index contributed by atoms with van der Waals surface area (Å²) in [5.74, 6) is -0.556. The van der Waals surface area contributed by atoms with Gasteiger partial charge in [-0.3, -0.25) is 9.89 Å². The Kier molecular flexibility index (Phi) is 3.58. The van der Waals surface area contributed by atoms with E-state index < -0.39 is 0 Å². The fourth-order valence-electron chi connectivity index (χ4n) is 2.53. The summed E-state index contributed by atoms with van der Waals surface area (Å²) < 4.78 is 15.1. The summed E-state index contributed by atoms with van der Waals surface area (Å²) in [5.41, 5.74) is 1.91. The molecular formula is C16H12FN5OS. The van der Waals surface area contributed by atoms with Gasteiger partial charge in [0.25, 0.3) is 0 Å². The lowest BCUT2D eigenvalue weighted by Gasteiger charge is -2.07. The number of aromatic amines is 1. The van der Waals surface area contributed by atoms with E-state index in [4.69, 9.17) is 0 Å². The molecule has 0 spiro atoms. The average molecular weight is 341 g/mol. The van der Waals surface area contributed by atoms with Gasteiger partial charge in [-0.1, -0.05) is 0 Å². The molecule has 0 fully saturated rings. The largest absolute Gasteiger partial charge is 0.338 e. The topological polar surface area (TPSA) is 75.6 Å². The molecule has 6 nitrogen and oxygen atoms in total. The summed E-state index contributed by atoms with van der Waals surface area (Å²) in [4.78, 5) is 16.5. The van der Waals surface area contributed by atoms with Crippen molar-refractivity contribution in [3.63, 3.8) is 0 Å². The van der Waals surface area contributed by atoms with Crippen LogP contribution in [0.25, 0.3) is 21.6 Å². The molecule has 0 atom stereocenters. The second-order valence-corrected chi connectivity index (χ2v) is 6.09. The fraction of sp³-hybridized carbons (Fsp3) is 0.0625. The number of nitrogens with zero attached hydrogens (tertiary/aromatic N) is 3. The number of thiazole rings is 1. The number of aromatic nitrogens is 4. The van der Waals surface area contributed by atoms with E-state index in [2.05, 4.69) is 20.5 Å². The Morgan fingerprint density at radius 2 is 2.29 bits per heavy atom. The van der Waals surface area contributed by atoms with Crippen LogP contribution in [-0.2, 0) is 11.3 Å². The molecule has 4 rings (SSSR count). The van der Waals surface area contributed by atoms with E-state index in [9.17, 15) is 9.18 Å². The molecule has 2 N–H and O–H groups in total. The van der Waals surface area contributed by atoms with Crippen molar-refractivity contribution in [3.05, 3.63) is 54.1 Å². The average Bonchev–Trinajstić information content (AvgIpc) is 3.28. The molecule has 0 aliphatic heterocycles. The highest BCUT2D eigenvalue weighted by Gasteiger charge is 2.13. The Balaban J connectivity index is 1.55. The predicted molar refractivity (Wildman–Crippen MR) is 90.2 cm³/mol. The molecule has 4 aromatic rings. The van der Waals surface area contributed by atoms with Gasteiger partial charge in [0.1, 0.15) is 23.1 Å². The van der Waals surface area contributed by atoms with Crippen LogP contribution in [0, 0.1) is 5.82 Å².